The molecule has 1 N–H and O–H groups in total. The average Bonchev–Trinajstić information content (AvgIpc) is 2.57. The Morgan fingerprint density at radius 3 is 2.88 bits per heavy atom. The first-order valence-electron chi connectivity index (χ1n) is 7.63. The van der Waals surface area contributed by atoms with Gasteiger partial charge in [-0.2, -0.15) is 0 Å². The highest BCUT2D eigenvalue weighted by atomic mass is 79.9. The molecule has 0 radical (unpaired) electrons. The minimum Gasteiger partial charge on any atom is -0.326 e. The summed E-state index contributed by atoms with van der Waals surface area (Å²) < 4.78 is 1.01. The third-order valence-electron chi connectivity index (χ3n) is 3.81. The maximum atomic E-state index is 12.2. The van der Waals surface area contributed by atoms with E-state index in [-0.39, 0.29) is 18.2 Å². The van der Waals surface area contributed by atoms with Crippen molar-refractivity contribution in [2.75, 3.05) is 22.5 Å². The first-order chi connectivity index (χ1) is 11.5. The van der Waals surface area contributed by atoms with Crippen LogP contribution in [0.3, 0.4) is 0 Å². The Bertz CT molecular complexity index is 794. The van der Waals surface area contributed by atoms with Crippen LogP contribution in [-0.4, -0.2) is 24.1 Å². The van der Waals surface area contributed by atoms with Crippen molar-refractivity contribution in [3.05, 3.63) is 52.5 Å². The molecule has 1 heterocycles. The van der Waals surface area contributed by atoms with Crippen molar-refractivity contribution in [1.82, 2.24) is 0 Å². The number of halogens is 1. The first-order valence-corrected chi connectivity index (χ1v) is 9.40. The van der Waals surface area contributed by atoms with Crippen LogP contribution < -0.4 is 10.2 Å². The second kappa shape index (κ2) is 7.40. The van der Waals surface area contributed by atoms with E-state index in [0.29, 0.717) is 12.3 Å². The lowest BCUT2D eigenvalue weighted by Crippen LogP contribution is -2.37. The van der Waals surface area contributed by atoms with Gasteiger partial charge in [0.05, 0.1) is 11.4 Å². The van der Waals surface area contributed by atoms with E-state index in [1.165, 1.54) is 0 Å². The van der Waals surface area contributed by atoms with Crippen LogP contribution in [-0.2, 0) is 9.59 Å². The van der Waals surface area contributed by atoms with Crippen LogP contribution >= 0.6 is 27.7 Å². The summed E-state index contributed by atoms with van der Waals surface area (Å²) in [4.78, 5) is 27.2. The Morgan fingerprint density at radius 2 is 2.08 bits per heavy atom. The summed E-state index contributed by atoms with van der Waals surface area (Å²) in [6, 6.07) is 13.5. The van der Waals surface area contributed by atoms with Gasteiger partial charge in [-0.15, -0.1) is 11.8 Å². The van der Waals surface area contributed by atoms with Crippen LogP contribution in [0.5, 0.6) is 0 Å². The number of carbonyl (C=O) groups is 2. The lowest BCUT2D eigenvalue weighted by Gasteiger charge is -2.28. The van der Waals surface area contributed by atoms with Gasteiger partial charge < -0.3 is 10.2 Å². The van der Waals surface area contributed by atoms with Gasteiger partial charge in [0, 0.05) is 28.0 Å². The molecular weight excluding hydrogens is 388 g/mol. The van der Waals surface area contributed by atoms with Gasteiger partial charge in [-0.1, -0.05) is 28.1 Å². The highest BCUT2D eigenvalue weighted by molar-refractivity contribution is 9.10. The maximum absolute atomic E-state index is 12.2. The lowest BCUT2D eigenvalue weighted by atomic mass is 10.2. The molecule has 0 aliphatic carbocycles. The number of hydrogen-bond donors (Lipinski definition) is 1. The Labute approximate surface area is 153 Å². The summed E-state index contributed by atoms with van der Waals surface area (Å²) in [5.74, 6) is 0.371. The van der Waals surface area contributed by atoms with Crippen molar-refractivity contribution in [2.24, 2.45) is 0 Å². The zero-order valence-electron chi connectivity index (χ0n) is 13.2. The minimum absolute atomic E-state index is 0.0472. The number of nitrogens with zero attached hydrogens (tertiary/aromatic N) is 1. The van der Waals surface area contributed by atoms with Crippen LogP contribution in [0.25, 0.3) is 0 Å². The number of aryl methyl sites for hydroxylation is 1. The Balaban J connectivity index is 1.64. The summed E-state index contributed by atoms with van der Waals surface area (Å²) in [6.07, 6.45) is 0.264. The van der Waals surface area contributed by atoms with Gasteiger partial charge >= 0.3 is 0 Å². The standard InChI is InChI=1S/C18H17BrN2O2S/c1-12-10-13(6-7-14(12)19)20-17(22)8-9-21-15-4-2-3-5-16(15)24-11-18(21)23/h2-7,10H,8-9,11H2,1H3,(H,20,22). The van der Waals surface area contributed by atoms with E-state index < -0.39 is 0 Å². The number of nitrogens with one attached hydrogen (secondary N) is 1. The molecule has 2 amide bonds. The van der Waals surface area contributed by atoms with E-state index >= 15 is 0 Å². The van der Waals surface area contributed by atoms with Crippen molar-refractivity contribution in [3.8, 4) is 0 Å². The van der Waals surface area contributed by atoms with Crippen LogP contribution in [0.1, 0.15) is 12.0 Å². The van der Waals surface area contributed by atoms with Gasteiger partial charge in [-0.05, 0) is 42.8 Å². The van der Waals surface area contributed by atoms with Gasteiger partial charge in [0.2, 0.25) is 11.8 Å². The second-order valence-electron chi connectivity index (χ2n) is 5.56. The van der Waals surface area contributed by atoms with Crippen LogP contribution in [0.2, 0.25) is 0 Å². The van der Waals surface area contributed by atoms with Crippen LogP contribution in [0.15, 0.2) is 51.8 Å². The fourth-order valence-electron chi connectivity index (χ4n) is 2.56. The summed E-state index contributed by atoms with van der Waals surface area (Å²) >= 11 is 4.99. The Hall–Kier alpha value is -1.79. The fourth-order valence-corrected chi connectivity index (χ4v) is 3.74. The molecule has 0 saturated carbocycles. The van der Waals surface area contributed by atoms with E-state index in [4.69, 9.17) is 0 Å². The molecule has 0 spiro atoms. The van der Waals surface area contributed by atoms with Gasteiger partial charge in [0.1, 0.15) is 0 Å². The number of benzene rings is 2. The largest absolute Gasteiger partial charge is 0.326 e. The van der Waals surface area contributed by atoms with Crippen molar-refractivity contribution in [3.63, 3.8) is 0 Å². The molecule has 3 rings (SSSR count). The molecule has 1 aliphatic heterocycles. The van der Waals surface area contributed by atoms with Gasteiger partial charge in [-0.3, -0.25) is 9.59 Å². The van der Waals surface area contributed by atoms with Crippen molar-refractivity contribution < 1.29 is 9.59 Å². The molecule has 0 bridgehead atoms. The Morgan fingerprint density at radius 1 is 1.29 bits per heavy atom. The molecular formula is C18H17BrN2O2S. The highest BCUT2D eigenvalue weighted by Gasteiger charge is 2.24. The second-order valence-corrected chi connectivity index (χ2v) is 7.44. The molecule has 2 aromatic carbocycles. The smallest absolute Gasteiger partial charge is 0.237 e. The van der Waals surface area contributed by atoms with Crippen molar-refractivity contribution in [2.45, 2.75) is 18.2 Å². The molecule has 1 aliphatic rings. The quantitative estimate of drug-likeness (QED) is 0.829. The molecule has 4 nitrogen and oxygen atoms in total. The van der Waals surface area contributed by atoms with Crippen LogP contribution in [0.4, 0.5) is 11.4 Å². The van der Waals surface area contributed by atoms with E-state index in [0.717, 1.165) is 26.3 Å². The van der Waals surface area contributed by atoms with E-state index in [2.05, 4.69) is 21.2 Å². The lowest BCUT2D eigenvalue weighted by molar-refractivity contribution is -0.117. The van der Waals surface area contributed by atoms with Crippen molar-refractivity contribution in [1.29, 1.82) is 0 Å². The number of rotatable bonds is 4. The van der Waals surface area contributed by atoms with Gasteiger partial charge in [0.25, 0.3) is 0 Å². The van der Waals surface area contributed by atoms with Crippen molar-refractivity contribution >= 4 is 50.9 Å². The highest BCUT2D eigenvalue weighted by Crippen LogP contribution is 2.34. The van der Waals surface area contributed by atoms with E-state index in [1.807, 2.05) is 49.4 Å². The summed E-state index contributed by atoms with van der Waals surface area (Å²) in [6.45, 7) is 2.36. The topological polar surface area (TPSA) is 49.4 Å². The predicted octanol–water partition coefficient (Wildman–Crippen LogP) is 4.23. The number of para-hydroxylation sites is 1. The first kappa shape index (κ1) is 17.0. The average molecular weight is 405 g/mol. The fraction of sp³-hybridized carbons (Fsp3) is 0.222. The van der Waals surface area contributed by atoms with E-state index in [1.54, 1.807) is 16.7 Å². The molecule has 124 valence electrons. The molecule has 0 saturated heterocycles. The zero-order chi connectivity index (χ0) is 17.1. The summed E-state index contributed by atoms with van der Waals surface area (Å²) in [5, 5.41) is 2.89. The molecule has 0 unspecified atom stereocenters. The molecule has 0 fully saturated rings. The third kappa shape index (κ3) is 3.82. The molecule has 24 heavy (non-hydrogen) atoms. The number of carbonyl (C=O) groups excluding carboxylic acids is 2. The maximum Gasteiger partial charge on any atom is 0.237 e. The molecule has 0 aromatic heterocycles. The number of anilines is 2. The SMILES string of the molecule is Cc1cc(NC(=O)CCN2C(=O)CSc3ccccc32)ccc1Br. The third-order valence-corrected chi connectivity index (χ3v) is 5.75. The summed E-state index contributed by atoms with van der Waals surface area (Å²) in [7, 11) is 0. The number of thioether (sulfide) groups is 1. The summed E-state index contributed by atoms with van der Waals surface area (Å²) in [5.41, 5.74) is 2.72. The number of amides is 2. The monoisotopic (exact) mass is 404 g/mol. The van der Waals surface area contributed by atoms with Crippen LogP contribution in [0, 0.1) is 6.92 Å². The van der Waals surface area contributed by atoms with E-state index in [9.17, 15) is 9.59 Å². The number of fused-ring (bicyclic) bond motifs is 1. The normalized spacial score (nSPS) is 13.6. The zero-order valence-corrected chi connectivity index (χ0v) is 15.6. The van der Waals surface area contributed by atoms with Gasteiger partial charge in [-0.25, -0.2) is 0 Å². The minimum atomic E-state index is -0.0970. The Kier molecular flexibility index (Phi) is 5.26. The number of hydrogen-bond acceptors (Lipinski definition) is 3. The molecule has 2 aromatic rings. The van der Waals surface area contributed by atoms with Gasteiger partial charge in [0.15, 0.2) is 0 Å². The molecule has 0 atom stereocenters. The predicted molar refractivity (Wildman–Crippen MR) is 102 cm³/mol. The molecule has 6 heteroatoms.